The Bertz CT molecular complexity index is 1030. The number of aromatic nitrogens is 6. The van der Waals surface area contributed by atoms with Gasteiger partial charge in [-0.1, -0.05) is 23.5 Å². The SMILES string of the molecule is FC(F)(F)c1cc(-c2ccccn2)[n-]n1.FC(F)(F)c1cc(-c2ccccn2)[n-]n1.[CH-]=O.[CH-]=O.[Os+2]. The van der Waals surface area contributed by atoms with E-state index in [-0.39, 0.29) is 31.2 Å². The number of hydrogen-bond acceptors (Lipinski definition) is 6. The average molecular weight is 673 g/mol. The van der Waals surface area contributed by atoms with E-state index < -0.39 is 23.7 Å². The molecular formula is C20H12F6N6O2Os-2. The van der Waals surface area contributed by atoms with Crippen LogP contribution in [-0.4, -0.2) is 33.7 Å². The summed E-state index contributed by atoms with van der Waals surface area (Å²) < 4.78 is 73.2. The maximum atomic E-state index is 12.2. The normalized spacial score (nSPS) is 10.2. The monoisotopic (exact) mass is 674 g/mol. The van der Waals surface area contributed by atoms with E-state index >= 15 is 0 Å². The van der Waals surface area contributed by atoms with Crippen LogP contribution >= 0.6 is 0 Å². The molecule has 0 fully saturated rings. The van der Waals surface area contributed by atoms with Crippen LogP contribution in [0.3, 0.4) is 0 Å². The number of hydrogen-bond donors (Lipinski definition) is 0. The molecule has 0 aromatic carbocycles. The summed E-state index contributed by atoms with van der Waals surface area (Å²) in [5.74, 6) is 0. The Hall–Kier alpha value is -3.72. The molecule has 15 heteroatoms. The van der Waals surface area contributed by atoms with Gasteiger partial charge in [-0.2, -0.15) is 26.3 Å². The van der Waals surface area contributed by atoms with Crippen LogP contribution in [0.25, 0.3) is 22.8 Å². The van der Waals surface area contributed by atoms with Gasteiger partial charge in [-0.15, -0.1) is 0 Å². The average Bonchev–Trinajstić information content (AvgIpc) is 3.54. The number of nitrogens with zero attached hydrogens (tertiary/aromatic N) is 6. The molecule has 4 aromatic heterocycles. The number of pyridine rings is 2. The zero-order valence-corrected chi connectivity index (χ0v) is 19.6. The molecule has 0 radical (unpaired) electrons. The Balaban J connectivity index is 0.000000565. The van der Waals surface area contributed by atoms with Gasteiger partial charge in [-0.25, -0.2) is 0 Å². The topological polar surface area (TPSA) is 114 Å². The van der Waals surface area contributed by atoms with Crippen LogP contribution in [0.15, 0.2) is 60.9 Å². The van der Waals surface area contributed by atoms with Crippen molar-refractivity contribution in [2.75, 3.05) is 0 Å². The summed E-state index contributed by atoms with van der Waals surface area (Å²) >= 11 is 0. The molecule has 0 aliphatic rings. The van der Waals surface area contributed by atoms with E-state index in [4.69, 9.17) is 9.59 Å². The summed E-state index contributed by atoms with van der Waals surface area (Å²) in [5, 5.41) is 12.9. The summed E-state index contributed by atoms with van der Waals surface area (Å²) in [5.41, 5.74) is -0.988. The quantitative estimate of drug-likeness (QED) is 0.180. The molecule has 35 heavy (non-hydrogen) atoms. The van der Waals surface area contributed by atoms with Crippen molar-refractivity contribution >= 4 is 13.6 Å². The Kier molecular flexibility index (Phi) is 13.0. The van der Waals surface area contributed by atoms with Crippen molar-refractivity contribution in [1.29, 1.82) is 0 Å². The second kappa shape index (κ2) is 14.5. The van der Waals surface area contributed by atoms with Crippen molar-refractivity contribution in [2.24, 2.45) is 0 Å². The number of carbonyl (C=O) groups excluding carboxylic acids is 2. The Labute approximate surface area is 207 Å². The van der Waals surface area contributed by atoms with Crippen molar-refractivity contribution in [3.63, 3.8) is 0 Å². The van der Waals surface area contributed by atoms with E-state index in [2.05, 4.69) is 43.9 Å². The maximum absolute atomic E-state index is 12.2. The molecule has 4 rings (SSSR count). The van der Waals surface area contributed by atoms with Crippen LogP contribution in [0.1, 0.15) is 11.4 Å². The number of rotatable bonds is 2. The molecule has 0 amide bonds. The van der Waals surface area contributed by atoms with Crippen LogP contribution in [0.5, 0.6) is 0 Å². The molecule has 0 saturated carbocycles. The first-order valence-electron chi connectivity index (χ1n) is 8.60. The third kappa shape index (κ3) is 9.58. The zero-order chi connectivity index (χ0) is 25.8. The van der Waals surface area contributed by atoms with Gasteiger partial charge < -0.3 is 30.0 Å². The van der Waals surface area contributed by atoms with E-state index in [0.717, 1.165) is 12.1 Å². The van der Waals surface area contributed by atoms with E-state index in [1.54, 1.807) is 36.4 Å². The molecule has 0 spiro atoms. The number of halogens is 6. The smallest absolute Gasteiger partial charge is 0.573 e. The summed E-state index contributed by atoms with van der Waals surface area (Å²) in [6.45, 7) is 6.50. The van der Waals surface area contributed by atoms with Crippen LogP contribution < -0.4 is 10.2 Å². The Morgan fingerprint density at radius 1 is 0.629 bits per heavy atom. The summed E-state index contributed by atoms with van der Waals surface area (Å²) in [6, 6.07) is 11.6. The van der Waals surface area contributed by atoms with Crippen LogP contribution in [0.2, 0.25) is 0 Å². The fraction of sp³-hybridized carbons (Fsp3) is 0.100. The predicted octanol–water partition coefficient (Wildman–Crippen LogP) is 3.69. The van der Waals surface area contributed by atoms with Gasteiger partial charge in [0.05, 0.1) is 0 Å². The third-order valence-electron chi connectivity index (χ3n) is 3.51. The summed E-state index contributed by atoms with van der Waals surface area (Å²) in [4.78, 5) is 23.2. The van der Waals surface area contributed by atoms with E-state index in [1.165, 1.54) is 12.4 Å². The van der Waals surface area contributed by atoms with Crippen LogP contribution in [-0.2, 0) is 41.7 Å². The predicted molar refractivity (Wildman–Crippen MR) is 105 cm³/mol. The molecule has 8 nitrogen and oxygen atoms in total. The third-order valence-corrected chi connectivity index (χ3v) is 3.51. The Morgan fingerprint density at radius 3 is 1.20 bits per heavy atom. The molecule has 0 bridgehead atoms. The van der Waals surface area contributed by atoms with Crippen molar-refractivity contribution in [2.45, 2.75) is 12.4 Å². The van der Waals surface area contributed by atoms with Gasteiger partial charge in [-0.3, -0.25) is 23.5 Å². The van der Waals surface area contributed by atoms with E-state index in [1.807, 2.05) is 0 Å². The largest absolute Gasteiger partial charge is 2.00 e. The minimum absolute atomic E-state index is 0. The van der Waals surface area contributed by atoms with Gasteiger partial charge in [0.15, 0.2) is 0 Å². The Morgan fingerprint density at radius 2 is 0.971 bits per heavy atom. The molecule has 0 N–H and O–H groups in total. The van der Waals surface area contributed by atoms with Crippen molar-refractivity contribution in [3.05, 3.63) is 72.3 Å². The second-order valence-corrected chi connectivity index (χ2v) is 5.66. The van der Waals surface area contributed by atoms with E-state index in [0.29, 0.717) is 11.4 Å². The molecule has 4 aromatic rings. The summed E-state index contributed by atoms with van der Waals surface area (Å²) in [6.07, 6.45) is -5.95. The first-order chi connectivity index (χ1) is 16.1. The molecule has 0 unspecified atom stereocenters. The fourth-order valence-corrected chi connectivity index (χ4v) is 2.15. The fourth-order valence-electron chi connectivity index (χ4n) is 2.15. The molecule has 186 valence electrons. The van der Waals surface area contributed by atoms with Gasteiger partial charge in [-0.05, 0) is 36.4 Å². The van der Waals surface area contributed by atoms with E-state index in [9.17, 15) is 26.3 Å². The number of alkyl halides is 6. The molecular weight excluding hydrogens is 660 g/mol. The molecule has 4 heterocycles. The summed E-state index contributed by atoms with van der Waals surface area (Å²) in [7, 11) is 0. The second-order valence-electron chi connectivity index (χ2n) is 5.66. The minimum atomic E-state index is -4.46. The van der Waals surface area contributed by atoms with Crippen molar-refractivity contribution in [3.8, 4) is 22.8 Å². The molecule has 0 aliphatic heterocycles. The standard InChI is InChI=1S/2C9H5F3N3.2CHO.Os/c2*10-9(11,12)8-5-7(14-15-8)6-3-1-2-4-13-6;2*1-2;/h2*1-5H;2*1H;/q4*-1;+2. The van der Waals surface area contributed by atoms with Crippen molar-refractivity contribution in [1.82, 2.24) is 30.4 Å². The van der Waals surface area contributed by atoms with Gasteiger partial charge in [0.1, 0.15) is 11.4 Å². The minimum Gasteiger partial charge on any atom is -0.573 e. The van der Waals surface area contributed by atoms with Crippen LogP contribution in [0.4, 0.5) is 26.3 Å². The van der Waals surface area contributed by atoms with Gasteiger partial charge >= 0.3 is 32.1 Å². The molecule has 0 aliphatic carbocycles. The maximum Gasteiger partial charge on any atom is 2.00 e. The van der Waals surface area contributed by atoms with Gasteiger partial charge in [0.2, 0.25) is 0 Å². The van der Waals surface area contributed by atoms with Crippen LogP contribution in [0, 0.1) is 0 Å². The van der Waals surface area contributed by atoms with Gasteiger partial charge in [0, 0.05) is 23.8 Å². The van der Waals surface area contributed by atoms with Crippen molar-refractivity contribution < 1.29 is 55.7 Å². The first kappa shape index (κ1) is 31.3. The zero-order valence-electron chi connectivity index (χ0n) is 17.0. The molecule has 0 saturated heterocycles. The van der Waals surface area contributed by atoms with Gasteiger partial charge in [0.25, 0.3) is 0 Å². The first-order valence-corrected chi connectivity index (χ1v) is 8.60. The molecule has 0 atom stereocenters.